The Morgan fingerprint density at radius 3 is 2.44 bits per heavy atom. The number of carboxylic acids is 1. The van der Waals surface area contributed by atoms with E-state index in [0.717, 1.165) is 11.1 Å². The predicted octanol–water partition coefficient (Wildman–Crippen LogP) is 4.56. The number of halogens is 1. The zero-order chi connectivity index (χ0) is 18.6. The fourth-order valence-electron chi connectivity index (χ4n) is 2.25. The van der Waals surface area contributed by atoms with Gasteiger partial charge >= 0.3 is 11.9 Å². The van der Waals surface area contributed by atoms with Crippen LogP contribution in [0.25, 0.3) is 0 Å². The topological polar surface area (TPSA) is 72.8 Å². The fourth-order valence-corrected chi connectivity index (χ4v) is 2.71. The van der Waals surface area contributed by atoms with Gasteiger partial charge in [-0.05, 0) is 64.2 Å². The normalized spacial score (nSPS) is 10.6. The first kappa shape index (κ1) is 19.0. The van der Waals surface area contributed by atoms with Crippen LogP contribution in [-0.4, -0.2) is 23.7 Å². The minimum absolute atomic E-state index is 0.101. The van der Waals surface area contributed by atoms with E-state index in [1.54, 1.807) is 0 Å². The van der Waals surface area contributed by atoms with E-state index in [4.69, 9.17) is 14.6 Å². The summed E-state index contributed by atoms with van der Waals surface area (Å²) in [7, 11) is 0. The number of hydrogen-bond acceptors (Lipinski definition) is 4. The van der Waals surface area contributed by atoms with Gasteiger partial charge in [0, 0.05) is 0 Å². The number of aromatic carboxylic acids is 1. The van der Waals surface area contributed by atoms with E-state index in [2.05, 4.69) is 29.8 Å². The molecule has 25 heavy (non-hydrogen) atoms. The van der Waals surface area contributed by atoms with Crippen molar-refractivity contribution < 1.29 is 24.2 Å². The van der Waals surface area contributed by atoms with Gasteiger partial charge in [0.1, 0.15) is 11.5 Å². The Hall–Kier alpha value is -2.34. The molecule has 0 bridgehead atoms. The monoisotopic (exact) mass is 406 g/mol. The molecule has 1 N–H and O–H groups in total. The number of hydrogen-bond donors (Lipinski definition) is 1. The van der Waals surface area contributed by atoms with Gasteiger partial charge in [0.2, 0.25) is 0 Å². The molecule has 0 heterocycles. The Bertz CT molecular complexity index is 798. The third kappa shape index (κ3) is 5.06. The summed E-state index contributed by atoms with van der Waals surface area (Å²) in [5.74, 6) is -0.453. The summed E-state index contributed by atoms with van der Waals surface area (Å²) < 4.78 is 11.2. The third-order valence-corrected chi connectivity index (χ3v) is 4.16. The minimum Gasteiger partial charge on any atom is -0.482 e. The van der Waals surface area contributed by atoms with Crippen molar-refractivity contribution in [2.45, 2.75) is 26.7 Å². The molecule has 0 saturated carbocycles. The predicted molar refractivity (Wildman–Crippen MR) is 97.5 cm³/mol. The van der Waals surface area contributed by atoms with Gasteiger partial charge in [0.05, 0.1) is 10.0 Å². The molecule has 132 valence electrons. The van der Waals surface area contributed by atoms with Crippen molar-refractivity contribution >= 4 is 27.9 Å². The van der Waals surface area contributed by atoms with Gasteiger partial charge in [0.15, 0.2) is 6.61 Å². The van der Waals surface area contributed by atoms with E-state index < -0.39 is 11.9 Å². The van der Waals surface area contributed by atoms with E-state index in [9.17, 15) is 9.59 Å². The number of aryl methyl sites for hydroxylation is 1. The van der Waals surface area contributed by atoms with Crippen LogP contribution in [0, 0.1) is 6.92 Å². The van der Waals surface area contributed by atoms with Crippen molar-refractivity contribution in [3.05, 3.63) is 57.6 Å². The van der Waals surface area contributed by atoms with Gasteiger partial charge in [-0.2, -0.15) is 0 Å². The van der Waals surface area contributed by atoms with Gasteiger partial charge in [0.25, 0.3) is 0 Å². The van der Waals surface area contributed by atoms with Crippen LogP contribution in [0.3, 0.4) is 0 Å². The molecule has 0 radical (unpaired) electrons. The van der Waals surface area contributed by atoms with Crippen molar-refractivity contribution in [2.75, 3.05) is 6.61 Å². The maximum Gasteiger partial charge on any atom is 0.349 e. The largest absolute Gasteiger partial charge is 0.482 e. The molecule has 6 heteroatoms. The average Bonchev–Trinajstić information content (AvgIpc) is 2.54. The van der Waals surface area contributed by atoms with Crippen LogP contribution in [0.5, 0.6) is 11.5 Å². The highest BCUT2D eigenvalue weighted by Gasteiger charge is 2.14. The second kappa shape index (κ2) is 8.16. The van der Waals surface area contributed by atoms with Gasteiger partial charge in [-0.3, -0.25) is 0 Å². The maximum atomic E-state index is 12.0. The van der Waals surface area contributed by atoms with Crippen LogP contribution in [0.2, 0.25) is 0 Å². The van der Waals surface area contributed by atoms with Crippen LogP contribution >= 0.6 is 15.9 Å². The molecule has 2 aromatic carbocycles. The summed E-state index contributed by atoms with van der Waals surface area (Å²) in [6, 6.07) is 10.1. The molecule has 0 saturated heterocycles. The molecule has 5 nitrogen and oxygen atoms in total. The standard InChI is InChI=1S/C19H19BrO5/c1-11(2)14-6-4-12(3)8-17(14)24-10-18(21)25-16-7-5-13(19(22)23)9-15(16)20/h4-9,11H,10H2,1-3H3,(H,22,23). The Morgan fingerprint density at radius 1 is 1.12 bits per heavy atom. The molecule has 0 aliphatic carbocycles. The quantitative estimate of drug-likeness (QED) is 0.561. The van der Waals surface area contributed by atoms with E-state index in [-0.39, 0.29) is 23.8 Å². The highest BCUT2D eigenvalue weighted by Crippen LogP contribution is 2.28. The van der Waals surface area contributed by atoms with E-state index in [1.807, 2.05) is 25.1 Å². The molecule has 0 aliphatic rings. The molecule has 0 fully saturated rings. The number of carboxylic acid groups (broad SMARTS) is 1. The Balaban J connectivity index is 2.04. The summed E-state index contributed by atoms with van der Waals surface area (Å²) in [5, 5.41) is 8.94. The summed E-state index contributed by atoms with van der Waals surface area (Å²) in [6.07, 6.45) is 0. The lowest BCUT2D eigenvalue weighted by molar-refractivity contribution is -0.136. The van der Waals surface area contributed by atoms with Gasteiger partial charge in [-0.1, -0.05) is 26.0 Å². The number of benzene rings is 2. The summed E-state index contributed by atoms with van der Waals surface area (Å²) in [4.78, 5) is 23.0. The molecule has 0 aliphatic heterocycles. The Labute approximate surface area is 154 Å². The van der Waals surface area contributed by atoms with Crippen molar-refractivity contribution in [1.82, 2.24) is 0 Å². The van der Waals surface area contributed by atoms with E-state index in [1.165, 1.54) is 18.2 Å². The van der Waals surface area contributed by atoms with Crippen molar-refractivity contribution in [2.24, 2.45) is 0 Å². The molecule has 0 unspecified atom stereocenters. The molecule has 2 aromatic rings. The number of esters is 1. The summed E-state index contributed by atoms with van der Waals surface area (Å²) in [5.41, 5.74) is 2.16. The number of carbonyl (C=O) groups excluding carboxylic acids is 1. The van der Waals surface area contributed by atoms with Crippen LogP contribution in [-0.2, 0) is 4.79 Å². The lowest BCUT2D eigenvalue weighted by Gasteiger charge is -2.14. The molecular formula is C19H19BrO5. The zero-order valence-electron chi connectivity index (χ0n) is 14.2. The zero-order valence-corrected chi connectivity index (χ0v) is 15.8. The number of rotatable bonds is 6. The van der Waals surface area contributed by atoms with E-state index >= 15 is 0 Å². The second-order valence-electron chi connectivity index (χ2n) is 5.91. The van der Waals surface area contributed by atoms with Crippen molar-refractivity contribution in [1.29, 1.82) is 0 Å². The maximum absolute atomic E-state index is 12.0. The lowest BCUT2D eigenvalue weighted by atomic mass is 10.0. The fraction of sp³-hybridized carbons (Fsp3) is 0.263. The summed E-state index contributed by atoms with van der Waals surface area (Å²) in [6.45, 7) is 5.82. The van der Waals surface area contributed by atoms with Crippen LogP contribution in [0.15, 0.2) is 40.9 Å². The lowest BCUT2D eigenvalue weighted by Crippen LogP contribution is -2.18. The van der Waals surface area contributed by atoms with Gasteiger partial charge in [-0.25, -0.2) is 9.59 Å². The Kier molecular flexibility index (Phi) is 6.20. The minimum atomic E-state index is -1.05. The molecule has 2 rings (SSSR count). The highest BCUT2D eigenvalue weighted by atomic mass is 79.9. The molecule has 0 spiro atoms. The SMILES string of the molecule is Cc1ccc(C(C)C)c(OCC(=O)Oc2ccc(C(=O)O)cc2Br)c1. The van der Waals surface area contributed by atoms with Gasteiger partial charge in [-0.15, -0.1) is 0 Å². The third-order valence-electron chi connectivity index (χ3n) is 3.54. The first-order valence-corrected chi connectivity index (χ1v) is 8.54. The smallest absolute Gasteiger partial charge is 0.349 e. The van der Waals surface area contributed by atoms with Crippen LogP contribution in [0.4, 0.5) is 0 Å². The Morgan fingerprint density at radius 2 is 1.84 bits per heavy atom. The molecule has 0 aromatic heterocycles. The number of ether oxygens (including phenoxy) is 2. The van der Waals surface area contributed by atoms with Crippen LogP contribution in [0.1, 0.15) is 41.3 Å². The summed E-state index contributed by atoms with van der Waals surface area (Å²) >= 11 is 3.20. The molecule has 0 amide bonds. The molecular weight excluding hydrogens is 388 g/mol. The van der Waals surface area contributed by atoms with Crippen LogP contribution < -0.4 is 9.47 Å². The molecule has 0 atom stereocenters. The van der Waals surface area contributed by atoms with Crippen molar-refractivity contribution in [3.63, 3.8) is 0 Å². The first-order chi connectivity index (χ1) is 11.8. The second-order valence-corrected chi connectivity index (χ2v) is 6.76. The van der Waals surface area contributed by atoms with Gasteiger partial charge < -0.3 is 14.6 Å². The average molecular weight is 407 g/mol. The van der Waals surface area contributed by atoms with E-state index in [0.29, 0.717) is 10.2 Å². The highest BCUT2D eigenvalue weighted by molar-refractivity contribution is 9.10. The van der Waals surface area contributed by atoms with Crippen molar-refractivity contribution in [3.8, 4) is 11.5 Å². The first-order valence-electron chi connectivity index (χ1n) is 7.74. The number of carbonyl (C=O) groups is 2.